The van der Waals surface area contributed by atoms with Gasteiger partial charge in [0.05, 0.1) is 11.6 Å². The Morgan fingerprint density at radius 3 is 2.64 bits per heavy atom. The molecule has 1 fully saturated rings. The maximum atomic E-state index is 6.19. The minimum Gasteiger partial charge on any atom is -0.490 e. The van der Waals surface area contributed by atoms with Gasteiger partial charge in [0.25, 0.3) is 0 Å². The molecule has 3 heterocycles. The fourth-order valence-corrected chi connectivity index (χ4v) is 3.37. The fourth-order valence-electron chi connectivity index (χ4n) is 3.37. The number of aromatic nitrogens is 4. The second-order valence-electron chi connectivity index (χ2n) is 6.75. The molecule has 0 spiro atoms. The first kappa shape index (κ1) is 15.9. The molecule has 130 valence electrons. The van der Waals surface area contributed by atoms with Gasteiger partial charge in [-0.05, 0) is 37.1 Å². The lowest BCUT2D eigenvalue weighted by molar-refractivity contribution is 0.170. The number of fused-ring (bicyclic) bond motifs is 1. The molecule has 25 heavy (non-hydrogen) atoms. The van der Waals surface area contributed by atoms with E-state index in [1.54, 1.807) is 11.0 Å². The van der Waals surface area contributed by atoms with Gasteiger partial charge < -0.3 is 9.64 Å². The van der Waals surface area contributed by atoms with Crippen LogP contribution in [-0.2, 0) is 7.05 Å². The van der Waals surface area contributed by atoms with Crippen LogP contribution in [0.5, 0.6) is 5.75 Å². The zero-order valence-electron chi connectivity index (χ0n) is 14.9. The van der Waals surface area contributed by atoms with Gasteiger partial charge in [-0.3, -0.25) is 4.68 Å². The first-order valence-electron chi connectivity index (χ1n) is 8.73. The predicted octanol–water partition coefficient (Wildman–Crippen LogP) is 3.03. The van der Waals surface area contributed by atoms with E-state index in [4.69, 9.17) is 4.74 Å². The summed E-state index contributed by atoms with van der Waals surface area (Å²) in [6, 6.07) is 6.32. The number of aryl methyl sites for hydroxylation is 3. The highest BCUT2D eigenvalue weighted by molar-refractivity contribution is 5.86. The Kier molecular flexibility index (Phi) is 4.03. The highest BCUT2D eigenvalue weighted by atomic mass is 16.5. The van der Waals surface area contributed by atoms with Crippen molar-refractivity contribution in [1.82, 2.24) is 19.7 Å². The molecular weight excluding hydrogens is 314 g/mol. The van der Waals surface area contributed by atoms with E-state index in [0.29, 0.717) is 0 Å². The summed E-state index contributed by atoms with van der Waals surface area (Å²) in [4.78, 5) is 11.1. The summed E-state index contributed by atoms with van der Waals surface area (Å²) in [7, 11) is 1.91. The second kappa shape index (κ2) is 6.35. The minimum atomic E-state index is 0.254. The highest BCUT2D eigenvalue weighted by Gasteiger charge is 2.23. The third-order valence-corrected chi connectivity index (χ3v) is 5.03. The molecule has 3 aromatic rings. The molecule has 0 saturated carbocycles. The summed E-state index contributed by atoms with van der Waals surface area (Å²) >= 11 is 0. The Morgan fingerprint density at radius 2 is 1.88 bits per heavy atom. The van der Waals surface area contributed by atoms with Crippen LogP contribution >= 0.6 is 0 Å². The summed E-state index contributed by atoms with van der Waals surface area (Å²) in [6.45, 7) is 6.10. The summed E-state index contributed by atoms with van der Waals surface area (Å²) in [5, 5.41) is 5.31. The monoisotopic (exact) mass is 337 g/mol. The second-order valence-corrected chi connectivity index (χ2v) is 6.75. The number of ether oxygens (including phenoxy) is 1. The average molecular weight is 337 g/mol. The smallest absolute Gasteiger partial charge is 0.163 e. The quantitative estimate of drug-likeness (QED) is 0.735. The maximum absolute atomic E-state index is 6.19. The van der Waals surface area contributed by atoms with Gasteiger partial charge in [0, 0.05) is 33.0 Å². The Hall–Kier alpha value is -2.63. The first-order valence-corrected chi connectivity index (χ1v) is 8.73. The van der Waals surface area contributed by atoms with Gasteiger partial charge in [-0.1, -0.05) is 6.07 Å². The van der Waals surface area contributed by atoms with Crippen molar-refractivity contribution in [3.8, 4) is 5.75 Å². The standard InChI is InChI=1S/C19H23N5O/c1-13-4-5-16(10-14(13)2)25-15-6-8-24(9-7-15)19-17-11-22-23(3)18(17)20-12-21-19/h4-5,10-12,15H,6-9H2,1-3H3. The number of benzene rings is 1. The Morgan fingerprint density at radius 1 is 1.08 bits per heavy atom. The Bertz CT molecular complexity index is 896. The summed E-state index contributed by atoms with van der Waals surface area (Å²) < 4.78 is 7.98. The molecule has 1 aromatic carbocycles. The van der Waals surface area contributed by atoms with E-state index >= 15 is 0 Å². The largest absolute Gasteiger partial charge is 0.490 e. The first-order chi connectivity index (χ1) is 12.1. The Balaban J connectivity index is 1.45. The molecule has 4 rings (SSSR count). The molecule has 2 aromatic heterocycles. The molecule has 1 aliphatic heterocycles. The van der Waals surface area contributed by atoms with E-state index < -0.39 is 0 Å². The third kappa shape index (κ3) is 3.04. The predicted molar refractivity (Wildman–Crippen MR) is 98.1 cm³/mol. The number of hydrogen-bond donors (Lipinski definition) is 0. The molecule has 6 nitrogen and oxygen atoms in total. The Labute approximate surface area is 147 Å². The number of piperidine rings is 1. The van der Waals surface area contributed by atoms with Crippen LogP contribution in [0.3, 0.4) is 0 Å². The van der Waals surface area contributed by atoms with E-state index in [2.05, 4.69) is 52.0 Å². The molecule has 1 aliphatic rings. The molecule has 0 atom stereocenters. The third-order valence-electron chi connectivity index (χ3n) is 5.03. The van der Waals surface area contributed by atoms with Gasteiger partial charge in [-0.2, -0.15) is 5.10 Å². The van der Waals surface area contributed by atoms with Crippen LogP contribution in [0.4, 0.5) is 5.82 Å². The van der Waals surface area contributed by atoms with Crippen molar-refractivity contribution in [3.05, 3.63) is 41.9 Å². The van der Waals surface area contributed by atoms with Gasteiger partial charge >= 0.3 is 0 Å². The van der Waals surface area contributed by atoms with Crippen molar-refractivity contribution in [2.45, 2.75) is 32.8 Å². The molecule has 0 bridgehead atoms. The van der Waals surface area contributed by atoms with Gasteiger partial charge in [0.1, 0.15) is 24.0 Å². The number of hydrogen-bond acceptors (Lipinski definition) is 5. The van der Waals surface area contributed by atoms with Crippen LogP contribution < -0.4 is 9.64 Å². The highest BCUT2D eigenvalue weighted by Crippen LogP contribution is 2.27. The number of nitrogens with zero attached hydrogens (tertiary/aromatic N) is 5. The molecule has 0 unspecified atom stereocenters. The topological polar surface area (TPSA) is 56.1 Å². The minimum absolute atomic E-state index is 0.254. The SMILES string of the molecule is Cc1ccc(OC2CCN(c3ncnc4c3cnn4C)CC2)cc1C. The summed E-state index contributed by atoms with van der Waals surface area (Å²) in [5.41, 5.74) is 3.44. The zero-order chi connectivity index (χ0) is 17.4. The van der Waals surface area contributed by atoms with E-state index in [1.165, 1.54) is 11.1 Å². The van der Waals surface area contributed by atoms with Gasteiger partial charge in [0.15, 0.2) is 5.65 Å². The van der Waals surface area contributed by atoms with Crippen LogP contribution in [0.15, 0.2) is 30.7 Å². The molecule has 6 heteroatoms. The molecule has 0 amide bonds. The van der Waals surface area contributed by atoms with Gasteiger partial charge in [-0.25, -0.2) is 9.97 Å². The van der Waals surface area contributed by atoms with E-state index in [9.17, 15) is 0 Å². The summed E-state index contributed by atoms with van der Waals surface area (Å²) in [6.07, 6.45) is 5.70. The number of anilines is 1. The lowest BCUT2D eigenvalue weighted by Gasteiger charge is -2.33. The van der Waals surface area contributed by atoms with Crippen LogP contribution in [0.25, 0.3) is 11.0 Å². The average Bonchev–Trinajstić information content (AvgIpc) is 3.00. The van der Waals surface area contributed by atoms with Crippen molar-refractivity contribution in [2.75, 3.05) is 18.0 Å². The van der Waals surface area contributed by atoms with Crippen LogP contribution in [-0.4, -0.2) is 38.9 Å². The fraction of sp³-hybridized carbons (Fsp3) is 0.421. The van der Waals surface area contributed by atoms with Crippen molar-refractivity contribution in [3.63, 3.8) is 0 Å². The van der Waals surface area contributed by atoms with Crippen molar-refractivity contribution >= 4 is 16.9 Å². The zero-order valence-corrected chi connectivity index (χ0v) is 14.9. The molecule has 0 N–H and O–H groups in total. The van der Waals surface area contributed by atoms with Crippen LogP contribution in [0.1, 0.15) is 24.0 Å². The van der Waals surface area contributed by atoms with E-state index in [-0.39, 0.29) is 6.10 Å². The maximum Gasteiger partial charge on any atom is 0.163 e. The van der Waals surface area contributed by atoms with Crippen LogP contribution in [0, 0.1) is 13.8 Å². The molecule has 0 radical (unpaired) electrons. The molecule has 1 saturated heterocycles. The van der Waals surface area contributed by atoms with E-state index in [1.807, 2.05) is 13.2 Å². The number of rotatable bonds is 3. The van der Waals surface area contributed by atoms with Gasteiger partial charge in [0.2, 0.25) is 0 Å². The van der Waals surface area contributed by atoms with Crippen molar-refractivity contribution in [1.29, 1.82) is 0 Å². The van der Waals surface area contributed by atoms with Crippen molar-refractivity contribution < 1.29 is 4.74 Å². The summed E-state index contributed by atoms with van der Waals surface area (Å²) in [5.74, 6) is 1.95. The lowest BCUT2D eigenvalue weighted by Crippen LogP contribution is -2.38. The normalized spacial score (nSPS) is 15.7. The molecule has 0 aliphatic carbocycles. The van der Waals surface area contributed by atoms with E-state index in [0.717, 1.165) is 48.5 Å². The van der Waals surface area contributed by atoms with Crippen LogP contribution in [0.2, 0.25) is 0 Å². The van der Waals surface area contributed by atoms with Gasteiger partial charge in [-0.15, -0.1) is 0 Å². The lowest BCUT2D eigenvalue weighted by atomic mass is 10.1. The molecular formula is C19H23N5O. The van der Waals surface area contributed by atoms with Crippen molar-refractivity contribution in [2.24, 2.45) is 7.05 Å².